The third-order valence-electron chi connectivity index (χ3n) is 5.07. The summed E-state index contributed by atoms with van der Waals surface area (Å²) in [6.07, 6.45) is 12.7. The van der Waals surface area contributed by atoms with Crippen molar-refractivity contribution in [3.05, 3.63) is 0 Å². The molecule has 27 heavy (non-hydrogen) atoms. The lowest BCUT2D eigenvalue weighted by atomic mass is 10.00. The lowest BCUT2D eigenvalue weighted by Crippen LogP contribution is -2.50. The van der Waals surface area contributed by atoms with E-state index in [4.69, 9.17) is 0 Å². The van der Waals surface area contributed by atoms with Crippen molar-refractivity contribution in [3.8, 4) is 0 Å². The number of unbranched alkanes of at least 4 members (excludes halogenated alkanes) is 11. The van der Waals surface area contributed by atoms with Crippen LogP contribution < -0.4 is 4.72 Å². The molecule has 0 aliphatic rings. The van der Waals surface area contributed by atoms with Crippen LogP contribution >= 0.6 is 0 Å². The summed E-state index contributed by atoms with van der Waals surface area (Å²) in [4.78, 5) is 0. The molecule has 164 valence electrons. The summed E-state index contributed by atoms with van der Waals surface area (Å²) in [5.41, 5.74) is 0. The summed E-state index contributed by atoms with van der Waals surface area (Å²) in [7, 11) is -3.54. The average molecular weight is 410 g/mol. The fraction of sp³-hybridized carbons (Fsp3) is 1.00. The Kier molecular flexibility index (Phi) is 16.6. The van der Waals surface area contributed by atoms with Gasteiger partial charge in [-0.15, -0.1) is 0 Å². The summed E-state index contributed by atoms with van der Waals surface area (Å²) in [5, 5.41) is 29.4. The molecular weight excluding hydrogens is 366 g/mol. The third kappa shape index (κ3) is 14.4. The highest BCUT2D eigenvalue weighted by Crippen LogP contribution is 2.14. The van der Waals surface area contributed by atoms with Gasteiger partial charge in [-0.2, -0.15) is 0 Å². The van der Waals surface area contributed by atoms with Crippen LogP contribution in [0.3, 0.4) is 0 Å². The Balaban J connectivity index is 3.73. The second-order valence-corrected chi connectivity index (χ2v) is 9.59. The molecule has 0 spiro atoms. The first-order valence-corrected chi connectivity index (χ1v) is 12.5. The predicted octanol–water partition coefficient (Wildman–Crippen LogP) is 3.10. The molecular formula is C20H43NO5S. The minimum atomic E-state index is -3.54. The Bertz CT molecular complexity index is 430. The van der Waals surface area contributed by atoms with Crippen molar-refractivity contribution in [1.29, 1.82) is 0 Å². The number of sulfonamides is 1. The van der Waals surface area contributed by atoms with Crippen molar-refractivity contribution >= 4 is 10.0 Å². The molecule has 0 aliphatic carbocycles. The Morgan fingerprint density at radius 3 is 1.63 bits per heavy atom. The van der Waals surface area contributed by atoms with Crippen LogP contribution in [0.25, 0.3) is 0 Å². The minimum Gasteiger partial charge on any atom is -0.395 e. The highest BCUT2D eigenvalue weighted by Gasteiger charge is 2.28. The molecule has 6 nitrogen and oxygen atoms in total. The van der Waals surface area contributed by atoms with E-state index >= 15 is 0 Å². The maximum atomic E-state index is 11.6. The van der Waals surface area contributed by atoms with Gasteiger partial charge in [-0.05, 0) is 13.3 Å². The van der Waals surface area contributed by atoms with Crippen LogP contribution in [0.1, 0.15) is 97.3 Å². The molecule has 0 amide bonds. The number of aliphatic hydroxyl groups excluding tert-OH is 3. The standard InChI is InChI=1S/C20H43NO5S/c1-3-5-6-7-8-9-10-11-12-13-14-15-16-19(23)20(24)18(17-22)21-27(25,26)4-2/h18-24H,3-17H2,1-2H3/t18-,19+,20-/m0/s1. The van der Waals surface area contributed by atoms with Crippen LogP contribution in [0.4, 0.5) is 0 Å². The first-order chi connectivity index (χ1) is 12.9. The molecule has 0 rings (SSSR count). The number of nitrogens with one attached hydrogen (secondary N) is 1. The fourth-order valence-corrected chi connectivity index (χ4v) is 4.00. The largest absolute Gasteiger partial charge is 0.395 e. The van der Waals surface area contributed by atoms with Gasteiger partial charge in [-0.1, -0.05) is 84.0 Å². The van der Waals surface area contributed by atoms with E-state index in [1.54, 1.807) is 0 Å². The molecule has 0 radical (unpaired) electrons. The van der Waals surface area contributed by atoms with Crippen molar-refractivity contribution in [3.63, 3.8) is 0 Å². The molecule has 0 bridgehead atoms. The Morgan fingerprint density at radius 1 is 0.778 bits per heavy atom. The lowest BCUT2D eigenvalue weighted by molar-refractivity contribution is -0.0159. The molecule has 0 saturated carbocycles. The van der Waals surface area contributed by atoms with E-state index in [-0.39, 0.29) is 5.75 Å². The summed E-state index contributed by atoms with van der Waals surface area (Å²) in [6.45, 7) is 3.17. The second kappa shape index (κ2) is 16.7. The summed E-state index contributed by atoms with van der Waals surface area (Å²) < 4.78 is 25.3. The molecule has 7 heteroatoms. The molecule has 3 atom stereocenters. The maximum Gasteiger partial charge on any atom is 0.211 e. The van der Waals surface area contributed by atoms with Gasteiger partial charge in [-0.25, -0.2) is 13.1 Å². The van der Waals surface area contributed by atoms with Gasteiger partial charge in [-0.3, -0.25) is 0 Å². The molecule has 0 aromatic carbocycles. The van der Waals surface area contributed by atoms with Gasteiger partial charge in [0.05, 0.1) is 30.6 Å². The summed E-state index contributed by atoms with van der Waals surface area (Å²) >= 11 is 0. The topological polar surface area (TPSA) is 107 Å². The van der Waals surface area contributed by atoms with Crippen LogP contribution in [-0.2, 0) is 10.0 Å². The van der Waals surface area contributed by atoms with Gasteiger partial charge in [0.1, 0.15) is 0 Å². The smallest absolute Gasteiger partial charge is 0.211 e. The SMILES string of the molecule is CCCCCCCCCCCCCC[C@@H](O)[C@@H](O)[C@H](CO)NS(=O)(=O)CC. The first kappa shape index (κ1) is 26.8. The number of rotatable bonds is 19. The van der Waals surface area contributed by atoms with Crippen LogP contribution in [0.5, 0.6) is 0 Å². The first-order valence-electron chi connectivity index (χ1n) is 10.8. The predicted molar refractivity (Wildman–Crippen MR) is 111 cm³/mol. The Labute approximate surface area is 166 Å². The van der Waals surface area contributed by atoms with E-state index < -0.39 is 34.9 Å². The van der Waals surface area contributed by atoms with Crippen molar-refractivity contribution in [1.82, 2.24) is 4.72 Å². The molecule has 0 aliphatic heterocycles. The van der Waals surface area contributed by atoms with Gasteiger partial charge in [0.25, 0.3) is 0 Å². The van der Waals surface area contributed by atoms with Gasteiger partial charge < -0.3 is 15.3 Å². The minimum absolute atomic E-state index is 0.134. The Morgan fingerprint density at radius 2 is 1.22 bits per heavy atom. The molecule has 0 aromatic rings. The zero-order valence-electron chi connectivity index (χ0n) is 17.4. The number of hydrogen-bond acceptors (Lipinski definition) is 5. The van der Waals surface area contributed by atoms with Gasteiger partial charge in [0, 0.05) is 0 Å². The average Bonchev–Trinajstić information content (AvgIpc) is 2.66. The summed E-state index contributed by atoms with van der Waals surface area (Å²) in [6, 6.07) is -1.07. The zero-order chi connectivity index (χ0) is 20.5. The van der Waals surface area contributed by atoms with E-state index in [1.807, 2.05) is 0 Å². The highest BCUT2D eigenvalue weighted by molar-refractivity contribution is 7.89. The molecule has 4 N–H and O–H groups in total. The van der Waals surface area contributed by atoms with Crippen molar-refractivity contribution in [2.45, 2.75) is 116 Å². The van der Waals surface area contributed by atoms with Crippen LogP contribution in [0.15, 0.2) is 0 Å². The van der Waals surface area contributed by atoms with E-state index in [2.05, 4.69) is 11.6 Å². The molecule has 0 fully saturated rings. The molecule has 0 heterocycles. The fourth-order valence-electron chi connectivity index (χ4n) is 3.16. The molecule has 0 saturated heterocycles. The van der Waals surface area contributed by atoms with Crippen molar-refractivity contribution in [2.24, 2.45) is 0 Å². The van der Waals surface area contributed by atoms with Gasteiger partial charge in [0.15, 0.2) is 0 Å². The summed E-state index contributed by atoms with van der Waals surface area (Å²) in [5.74, 6) is -0.134. The zero-order valence-corrected chi connectivity index (χ0v) is 18.2. The Hall–Kier alpha value is -0.210. The van der Waals surface area contributed by atoms with Crippen LogP contribution in [-0.4, -0.2) is 54.3 Å². The lowest BCUT2D eigenvalue weighted by Gasteiger charge is -2.26. The van der Waals surface area contributed by atoms with Gasteiger partial charge in [0.2, 0.25) is 10.0 Å². The van der Waals surface area contributed by atoms with Gasteiger partial charge >= 0.3 is 0 Å². The monoisotopic (exact) mass is 409 g/mol. The normalized spacial score (nSPS) is 15.6. The van der Waals surface area contributed by atoms with E-state index in [9.17, 15) is 23.7 Å². The van der Waals surface area contributed by atoms with Crippen LogP contribution in [0.2, 0.25) is 0 Å². The van der Waals surface area contributed by atoms with Crippen LogP contribution in [0, 0.1) is 0 Å². The number of aliphatic hydroxyl groups is 3. The van der Waals surface area contributed by atoms with Crippen molar-refractivity contribution in [2.75, 3.05) is 12.4 Å². The molecule has 0 aromatic heterocycles. The quantitative estimate of drug-likeness (QED) is 0.245. The second-order valence-electron chi connectivity index (χ2n) is 7.55. The van der Waals surface area contributed by atoms with E-state index in [1.165, 1.54) is 64.7 Å². The van der Waals surface area contributed by atoms with E-state index in [0.29, 0.717) is 6.42 Å². The van der Waals surface area contributed by atoms with E-state index in [0.717, 1.165) is 19.3 Å². The maximum absolute atomic E-state index is 11.6. The number of hydrogen-bond donors (Lipinski definition) is 4. The van der Waals surface area contributed by atoms with Crippen molar-refractivity contribution < 1.29 is 23.7 Å². The highest BCUT2D eigenvalue weighted by atomic mass is 32.2. The third-order valence-corrected chi connectivity index (χ3v) is 6.49. The molecule has 0 unspecified atom stereocenters.